The molecule has 4 nitrogen and oxygen atoms in total. The minimum atomic E-state index is -1.11. The van der Waals surface area contributed by atoms with Gasteiger partial charge in [-0.15, -0.1) is 6.58 Å². The Labute approximate surface area is 186 Å². The average molecular weight is 423 g/mol. The molecular formula is C26H46O4. The van der Waals surface area contributed by atoms with Crippen molar-refractivity contribution in [2.24, 2.45) is 5.41 Å². The molecule has 0 amide bonds. The van der Waals surface area contributed by atoms with E-state index >= 15 is 0 Å². The summed E-state index contributed by atoms with van der Waals surface area (Å²) in [5, 5.41) is 0. The molecule has 0 aliphatic carbocycles. The molecule has 1 rings (SSSR count). The number of methoxy groups -OCH3 is 4. The van der Waals surface area contributed by atoms with E-state index in [1.54, 1.807) is 34.5 Å². The van der Waals surface area contributed by atoms with Gasteiger partial charge in [0.2, 0.25) is 0 Å². The largest absolute Gasteiger partial charge is 0.384 e. The molecule has 0 fully saturated rings. The van der Waals surface area contributed by atoms with Crippen LogP contribution in [0.25, 0.3) is 0 Å². The number of aryl methyl sites for hydroxylation is 1. The summed E-state index contributed by atoms with van der Waals surface area (Å²) in [5.41, 5.74) is 0.929. The quantitative estimate of drug-likeness (QED) is 0.167. The minimum absolute atomic E-state index is 0.374. The van der Waals surface area contributed by atoms with E-state index < -0.39 is 5.97 Å². The van der Waals surface area contributed by atoms with Gasteiger partial charge in [0.15, 0.2) is 0 Å². The van der Waals surface area contributed by atoms with Crippen LogP contribution in [0.2, 0.25) is 0 Å². The molecule has 0 N–H and O–H groups in total. The Bertz CT molecular complexity index is 505. The van der Waals surface area contributed by atoms with Crippen LogP contribution in [0.5, 0.6) is 0 Å². The Morgan fingerprint density at radius 3 is 1.87 bits per heavy atom. The topological polar surface area (TPSA) is 36.9 Å². The second-order valence-electron chi connectivity index (χ2n) is 7.79. The van der Waals surface area contributed by atoms with Gasteiger partial charge in [-0.2, -0.15) is 0 Å². The number of allylic oxidation sites excluding steroid dienone is 1. The maximum Gasteiger partial charge on any atom is 0.290 e. The number of hydrogen-bond donors (Lipinski definition) is 0. The molecule has 1 unspecified atom stereocenters. The van der Waals surface area contributed by atoms with Gasteiger partial charge in [0, 0.05) is 28.4 Å². The highest BCUT2D eigenvalue weighted by Crippen LogP contribution is 2.45. The molecule has 1 aromatic rings. The molecular weight excluding hydrogens is 376 g/mol. The van der Waals surface area contributed by atoms with Crippen molar-refractivity contribution in [3.8, 4) is 0 Å². The first-order chi connectivity index (χ1) is 14.5. The van der Waals surface area contributed by atoms with Crippen molar-refractivity contribution in [3.63, 3.8) is 0 Å². The molecule has 0 saturated carbocycles. The second-order valence-corrected chi connectivity index (χ2v) is 7.79. The average Bonchev–Trinajstić information content (AvgIpc) is 2.77. The molecule has 0 spiro atoms. The molecule has 0 radical (unpaired) electrons. The second kappa shape index (κ2) is 17.5. The van der Waals surface area contributed by atoms with E-state index in [4.69, 9.17) is 18.9 Å². The molecule has 0 aliphatic rings. The smallest absolute Gasteiger partial charge is 0.290 e. The van der Waals surface area contributed by atoms with E-state index in [1.165, 1.54) is 37.7 Å². The zero-order valence-electron chi connectivity index (χ0n) is 20.4. The summed E-state index contributed by atoms with van der Waals surface area (Å²) in [5.74, 6) is -1.11. The summed E-state index contributed by atoms with van der Waals surface area (Å²) in [4.78, 5) is 0. The van der Waals surface area contributed by atoms with Crippen LogP contribution in [0.1, 0.15) is 70.8 Å². The number of rotatable bonds is 16. The lowest BCUT2D eigenvalue weighted by Crippen LogP contribution is -2.55. The molecule has 0 bridgehead atoms. The zero-order chi connectivity index (χ0) is 22.7. The van der Waals surface area contributed by atoms with E-state index in [0.717, 1.165) is 25.7 Å². The molecule has 30 heavy (non-hydrogen) atoms. The minimum Gasteiger partial charge on any atom is -0.384 e. The van der Waals surface area contributed by atoms with Crippen LogP contribution in [0, 0.1) is 5.41 Å². The summed E-state index contributed by atoms with van der Waals surface area (Å²) in [6.45, 7) is 8.03. The lowest BCUT2D eigenvalue weighted by Gasteiger charge is -2.47. The SMILES string of the molecule is C=CC.CCCCCCCCC(CCc1ccccc1)(COC)C(OC)(OC)OC. The lowest BCUT2D eigenvalue weighted by molar-refractivity contribution is -0.414. The van der Waals surface area contributed by atoms with Gasteiger partial charge < -0.3 is 18.9 Å². The summed E-state index contributed by atoms with van der Waals surface area (Å²) in [6.07, 6.45) is 12.0. The van der Waals surface area contributed by atoms with Crippen LogP contribution < -0.4 is 0 Å². The molecule has 174 valence electrons. The van der Waals surface area contributed by atoms with Gasteiger partial charge in [0.05, 0.1) is 12.0 Å². The maximum atomic E-state index is 5.81. The first-order valence-corrected chi connectivity index (χ1v) is 11.3. The van der Waals surface area contributed by atoms with Gasteiger partial charge in [-0.05, 0) is 31.7 Å². The van der Waals surface area contributed by atoms with Crippen molar-refractivity contribution in [3.05, 3.63) is 48.6 Å². The van der Waals surface area contributed by atoms with Gasteiger partial charge in [0.25, 0.3) is 5.97 Å². The molecule has 0 heterocycles. The molecule has 1 atom stereocenters. The highest BCUT2D eigenvalue weighted by atomic mass is 16.9. The van der Waals surface area contributed by atoms with Crippen LogP contribution in [-0.2, 0) is 25.4 Å². The number of benzene rings is 1. The van der Waals surface area contributed by atoms with Crippen molar-refractivity contribution in [1.29, 1.82) is 0 Å². The highest BCUT2D eigenvalue weighted by molar-refractivity contribution is 5.15. The Balaban J connectivity index is 0.00000263. The Hall–Kier alpha value is -1.20. The lowest BCUT2D eigenvalue weighted by atomic mass is 9.75. The number of hydrogen-bond acceptors (Lipinski definition) is 4. The first-order valence-electron chi connectivity index (χ1n) is 11.3. The van der Waals surface area contributed by atoms with Crippen LogP contribution >= 0.6 is 0 Å². The number of ether oxygens (including phenoxy) is 4. The third kappa shape index (κ3) is 9.30. The van der Waals surface area contributed by atoms with Gasteiger partial charge in [0.1, 0.15) is 0 Å². The molecule has 4 heteroatoms. The number of unbranched alkanes of at least 4 members (excludes halogenated alkanes) is 5. The first kappa shape index (κ1) is 28.8. The summed E-state index contributed by atoms with van der Waals surface area (Å²) in [6, 6.07) is 10.5. The van der Waals surface area contributed by atoms with Crippen molar-refractivity contribution < 1.29 is 18.9 Å². The standard InChI is InChI=1S/C23H40O4.C3H6/c1-6-7-8-9-10-14-18-22(20-24-2,23(25-3,26-4)27-5)19-17-21-15-12-11-13-16-21;1-3-2/h11-13,15-16H,6-10,14,17-20H2,1-5H3;3H,1H2,2H3. The normalized spacial score (nSPS) is 13.3. The van der Waals surface area contributed by atoms with E-state index in [1.807, 2.05) is 13.0 Å². The van der Waals surface area contributed by atoms with Crippen LogP contribution in [0.15, 0.2) is 43.0 Å². The Morgan fingerprint density at radius 2 is 1.37 bits per heavy atom. The van der Waals surface area contributed by atoms with Crippen molar-refractivity contribution in [1.82, 2.24) is 0 Å². The van der Waals surface area contributed by atoms with Crippen LogP contribution in [0.4, 0.5) is 0 Å². The van der Waals surface area contributed by atoms with Gasteiger partial charge in [-0.3, -0.25) is 0 Å². The van der Waals surface area contributed by atoms with Gasteiger partial charge in [-0.1, -0.05) is 81.9 Å². The molecule has 0 aromatic heterocycles. The van der Waals surface area contributed by atoms with E-state index in [9.17, 15) is 0 Å². The predicted molar refractivity (Wildman–Crippen MR) is 127 cm³/mol. The predicted octanol–water partition coefficient (Wildman–Crippen LogP) is 6.79. The van der Waals surface area contributed by atoms with Crippen molar-refractivity contribution in [2.45, 2.75) is 77.6 Å². The van der Waals surface area contributed by atoms with Crippen LogP contribution in [0.3, 0.4) is 0 Å². The van der Waals surface area contributed by atoms with E-state index in [-0.39, 0.29) is 5.41 Å². The van der Waals surface area contributed by atoms with Crippen molar-refractivity contribution in [2.75, 3.05) is 35.0 Å². The van der Waals surface area contributed by atoms with E-state index in [0.29, 0.717) is 6.61 Å². The molecule has 0 saturated heterocycles. The fraction of sp³-hybridized carbons (Fsp3) is 0.692. The third-order valence-corrected chi connectivity index (χ3v) is 5.62. The molecule has 0 aliphatic heterocycles. The Morgan fingerprint density at radius 1 is 0.833 bits per heavy atom. The Kier molecular flexibility index (Phi) is 16.8. The summed E-state index contributed by atoms with van der Waals surface area (Å²) >= 11 is 0. The monoisotopic (exact) mass is 422 g/mol. The maximum absolute atomic E-state index is 5.81. The zero-order valence-corrected chi connectivity index (χ0v) is 20.4. The van der Waals surface area contributed by atoms with Crippen LogP contribution in [-0.4, -0.2) is 41.0 Å². The molecule has 1 aromatic carbocycles. The highest BCUT2D eigenvalue weighted by Gasteiger charge is 2.53. The summed E-state index contributed by atoms with van der Waals surface area (Å²) in [7, 11) is 6.70. The van der Waals surface area contributed by atoms with E-state index in [2.05, 4.69) is 37.8 Å². The van der Waals surface area contributed by atoms with Gasteiger partial charge in [-0.25, -0.2) is 0 Å². The summed E-state index contributed by atoms with van der Waals surface area (Å²) < 4.78 is 23.1. The third-order valence-electron chi connectivity index (χ3n) is 5.62. The fourth-order valence-electron chi connectivity index (χ4n) is 4.11. The van der Waals surface area contributed by atoms with Crippen molar-refractivity contribution >= 4 is 0 Å². The fourth-order valence-corrected chi connectivity index (χ4v) is 4.11. The van der Waals surface area contributed by atoms with Gasteiger partial charge >= 0.3 is 0 Å².